The van der Waals surface area contributed by atoms with Crippen LogP contribution in [0.2, 0.25) is 5.02 Å². The largest absolute Gasteiger partial charge is 0.271 e. The molecule has 0 saturated carbocycles. The van der Waals surface area contributed by atoms with Gasteiger partial charge in [-0.05, 0) is 36.2 Å². The summed E-state index contributed by atoms with van der Waals surface area (Å²) < 4.78 is 1.06. The number of nitrogens with two attached hydrogens (primary N) is 1. The van der Waals surface area contributed by atoms with Crippen molar-refractivity contribution >= 4 is 27.5 Å². The molecule has 2 rings (SSSR count). The number of nitrogens with one attached hydrogen (secondary N) is 1. The fourth-order valence-electron chi connectivity index (χ4n) is 1.74. The van der Waals surface area contributed by atoms with Crippen molar-refractivity contribution in [3.05, 3.63) is 63.3 Å². The van der Waals surface area contributed by atoms with Gasteiger partial charge < -0.3 is 0 Å². The SMILES string of the molecule is NNC(Cc1cccc(Br)c1)c1ccc(Cl)cn1. The van der Waals surface area contributed by atoms with Crippen molar-refractivity contribution in [2.45, 2.75) is 12.5 Å². The molecule has 0 radical (unpaired) electrons. The van der Waals surface area contributed by atoms with E-state index in [9.17, 15) is 0 Å². The molecule has 0 bridgehead atoms. The number of halogens is 2. The van der Waals surface area contributed by atoms with E-state index in [0.717, 1.165) is 16.6 Å². The molecule has 0 aliphatic heterocycles. The van der Waals surface area contributed by atoms with Gasteiger partial charge in [-0.25, -0.2) is 0 Å². The molecule has 1 unspecified atom stereocenters. The first-order valence-corrected chi connectivity index (χ1v) is 6.68. The molecule has 2 aromatic rings. The van der Waals surface area contributed by atoms with Crippen LogP contribution in [0.3, 0.4) is 0 Å². The molecule has 0 saturated heterocycles. The molecule has 0 fully saturated rings. The van der Waals surface area contributed by atoms with E-state index in [1.54, 1.807) is 6.20 Å². The van der Waals surface area contributed by atoms with Crippen LogP contribution in [0.1, 0.15) is 17.3 Å². The predicted octanol–water partition coefficient (Wildman–Crippen LogP) is 3.24. The molecule has 94 valence electrons. The predicted molar refractivity (Wildman–Crippen MR) is 77.2 cm³/mol. The summed E-state index contributed by atoms with van der Waals surface area (Å²) in [7, 11) is 0. The van der Waals surface area contributed by atoms with Gasteiger partial charge in [-0.1, -0.05) is 39.7 Å². The molecule has 0 aliphatic carbocycles. The van der Waals surface area contributed by atoms with Crippen LogP contribution in [0.25, 0.3) is 0 Å². The van der Waals surface area contributed by atoms with Gasteiger partial charge in [0.15, 0.2) is 0 Å². The third-order valence-electron chi connectivity index (χ3n) is 2.64. The van der Waals surface area contributed by atoms with Gasteiger partial charge in [-0.15, -0.1) is 0 Å². The van der Waals surface area contributed by atoms with Gasteiger partial charge in [0.2, 0.25) is 0 Å². The monoisotopic (exact) mass is 325 g/mol. The summed E-state index contributed by atoms with van der Waals surface area (Å²) in [5.74, 6) is 5.59. The highest BCUT2D eigenvalue weighted by molar-refractivity contribution is 9.10. The molecule has 3 nitrogen and oxygen atoms in total. The highest BCUT2D eigenvalue weighted by Gasteiger charge is 2.12. The van der Waals surface area contributed by atoms with Crippen molar-refractivity contribution in [1.82, 2.24) is 10.4 Å². The van der Waals surface area contributed by atoms with Crippen LogP contribution in [0.5, 0.6) is 0 Å². The Morgan fingerprint density at radius 2 is 2.17 bits per heavy atom. The van der Waals surface area contributed by atoms with Gasteiger partial charge in [-0.3, -0.25) is 16.3 Å². The Morgan fingerprint density at radius 1 is 1.33 bits per heavy atom. The van der Waals surface area contributed by atoms with Crippen LogP contribution >= 0.6 is 27.5 Å². The molecule has 0 spiro atoms. The topological polar surface area (TPSA) is 50.9 Å². The van der Waals surface area contributed by atoms with Gasteiger partial charge in [0.25, 0.3) is 0 Å². The summed E-state index contributed by atoms with van der Waals surface area (Å²) in [6, 6.07) is 11.8. The van der Waals surface area contributed by atoms with Crippen LogP contribution in [0, 0.1) is 0 Å². The van der Waals surface area contributed by atoms with Gasteiger partial charge in [0.05, 0.1) is 16.8 Å². The molecule has 1 aromatic heterocycles. The highest BCUT2D eigenvalue weighted by Crippen LogP contribution is 2.19. The lowest BCUT2D eigenvalue weighted by atomic mass is 10.0. The van der Waals surface area contributed by atoms with E-state index in [-0.39, 0.29) is 6.04 Å². The van der Waals surface area contributed by atoms with Crippen molar-refractivity contribution in [3.63, 3.8) is 0 Å². The van der Waals surface area contributed by atoms with E-state index < -0.39 is 0 Å². The third-order valence-corrected chi connectivity index (χ3v) is 3.35. The number of benzene rings is 1. The van der Waals surface area contributed by atoms with E-state index in [1.165, 1.54) is 5.56 Å². The normalized spacial score (nSPS) is 12.4. The second kappa shape index (κ2) is 6.29. The molecular weight excluding hydrogens is 314 g/mol. The van der Waals surface area contributed by atoms with Gasteiger partial charge in [-0.2, -0.15) is 0 Å². The lowest BCUT2D eigenvalue weighted by Gasteiger charge is -2.15. The van der Waals surface area contributed by atoms with Crippen molar-refractivity contribution in [1.29, 1.82) is 0 Å². The van der Waals surface area contributed by atoms with Crippen molar-refractivity contribution in [2.24, 2.45) is 5.84 Å². The van der Waals surface area contributed by atoms with Crippen LogP contribution in [0.15, 0.2) is 47.1 Å². The first kappa shape index (κ1) is 13.5. The smallest absolute Gasteiger partial charge is 0.0672 e. The Morgan fingerprint density at radius 3 is 2.78 bits per heavy atom. The minimum absolute atomic E-state index is 0.0310. The van der Waals surface area contributed by atoms with Gasteiger partial charge >= 0.3 is 0 Å². The molecular formula is C13H13BrClN3. The Labute approximate surface area is 119 Å². The minimum atomic E-state index is -0.0310. The van der Waals surface area contributed by atoms with E-state index >= 15 is 0 Å². The molecule has 1 atom stereocenters. The van der Waals surface area contributed by atoms with Crippen LogP contribution < -0.4 is 11.3 Å². The summed E-state index contributed by atoms with van der Waals surface area (Å²) in [6.45, 7) is 0. The Kier molecular flexibility index (Phi) is 4.72. The summed E-state index contributed by atoms with van der Waals surface area (Å²) in [4.78, 5) is 4.28. The van der Waals surface area contributed by atoms with Crippen molar-refractivity contribution < 1.29 is 0 Å². The first-order chi connectivity index (χ1) is 8.69. The number of hydrogen-bond acceptors (Lipinski definition) is 3. The second-order valence-electron chi connectivity index (χ2n) is 3.95. The zero-order valence-electron chi connectivity index (χ0n) is 9.61. The summed E-state index contributed by atoms with van der Waals surface area (Å²) >= 11 is 9.28. The molecule has 0 aliphatic rings. The zero-order valence-corrected chi connectivity index (χ0v) is 11.9. The van der Waals surface area contributed by atoms with Gasteiger partial charge in [0.1, 0.15) is 0 Å². The average Bonchev–Trinajstić information content (AvgIpc) is 2.37. The van der Waals surface area contributed by atoms with E-state index in [1.807, 2.05) is 24.3 Å². The third kappa shape index (κ3) is 3.53. The zero-order chi connectivity index (χ0) is 13.0. The number of pyridine rings is 1. The molecule has 1 aromatic carbocycles. The van der Waals surface area contributed by atoms with E-state index in [2.05, 4.69) is 38.5 Å². The van der Waals surface area contributed by atoms with Gasteiger partial charge in [0, 0.05) is 10.7 Å². The summed E-state index contributed by atoms with van der Waals surface area (Å²) in [5.41, 5.74) is 4.85. The Balaban J connectivity index is 2.17. The van der Waals surface area contributed by atoms with Crippen LogP contribution in [0.4, 0.5) is 0 Å². The molecule has 18 heavy (non-hydrogen) atoms. The first-order valence-electron chi connectivity index (χ1n) is 5.51. The maximum Gasteiger partial charge on any atom is 0.0672 e. The quantitative estimate of drug-likeness (QED) is 0.670. The fourth-order valence-corrected chi connectivity index (χ4v) is 2.30. The second-order valence-corrected chi connectivity index (χ2v) is 5.31. The summed E-state index contributed by atoms with van der Waals surface area (Å²) in [5, 5.41) is 0.622. The minimum Gasteiger partial charge on any atom is -0.271 e. The van der Waals surface area contributed by atoms with Crippen molar-refractivity contribution in [2.75, 3.05) is 0 Å². The number of nitrogens with zero attached hydrogens (tertiary/aromatic N) is 1. The van der Waals surface area contributed by atoms with Crippen molar-refractivity contribution in [3.8, 4) is 0 Å². The fraction of sp³-hybridized carbons (Fsp3) is 0.154. The maximum atomic E-state index is 5.82. The number of rotatable bonds is 4. The maximum absolute atomic E-state index is 5.82. The Hall–Kier alpha value is -0.940. The molecule has 1 heterocycles. The number of hydrogen-bond donors (Lipinski definition) is 2. The standard InChI is InChI=1S/C13H13BrClN3/c14-10-3-1-2-9(6-10)7-13(18-16)12-5-4-11(15)8-17-12/h1-6,8,13,18H,7,16H2. The molecule has 5 heteroatoms. The average molecular weight is 327 g/mol. The molecule has 0 amide bonds. The molecule has 3 N–H and O–H groups in total. The summed E-state index contributed by atoms with van der Waals surface area (Å²) in [6.07, 6.45) is 2.40. The van der Waals surface area contributed by atoms with Crippen LogP contribution in [-0.2, 0) is 6.42 Å². The Bertz CT molecular complexity index is 516. The highest BCUT2D eigenvalue weighted by atomic mass is 79.9. The lowest BCUT2D eigenvalue weighted by Crippen LogP contribution is -2.30. The van der Waals surface area contributed by atoms with Crippen LogP contribution in [-0.4, -0.2) is 4.98 Å². The van der Waals surface area contributed by atoms with E-state index in [0.29, 0.717) is 5.02 Å². The lowest BCUT2D eigenvalue weighted by molar-refractivity contribution is 0.538. The number of aromatic nitrogens is 1. The van der Waals surface area contributed by atoms with E-state index in [4.69, 9.17) is 17.4 Å². The number of hydrazine groups is 1.